The maximum absolute atomic E-state index is 5.42. The summed E-state index contributed by atoms with van der Waals surface area (Å²) in [5.74, 6) is 0. The molecule has 0 heterocycles. The topological polar surface area (TPSA) is 9.23 Å². The lowest BCUT2D eigenvalue weighted by molar-refractivity contribution is 0.179. The van der Waals surface area contributed by atoms with Crippen molar-refractivity contribution in [2.75, 3.05) is 0 Å². The number of allylic oxidation sites excluding steroid dienone is 1. The van der Waals surface area contributed by atoms with Gasteiger partial charge < -0.3 is 4.74 Å². The fourth-order valence-electron chi connectivity index (χ4n) is 1.92. The Morgan fingerprint density at radius 2 is 1.57 bits per heavy atom. The highest BCUT2D eigenvalue weighted by Crippen LogP contribution is 2.25. The second kappa shape index (κ2) is 7.38. The standard InChI is InChI=1S/C6H11O.3C2H5.Al/c1-4-5-7-6(2)3;3*1-2;/h4-6H,1H2,2-3H3;3*1H2,2H3;/q;;;;-1/b5-4+;;;;. The summed E-state index contributed by atoms with van der Waals surface area (Å²) in [6.07, 6.45) is 4.47. The van der Waals surface area contributed by atoms with Gasteiger partial charge in [0.25, 0.3) is 0 Å². The quantitative estimate of drug-likeness (QED) is 0.449. The summed E-state index contributed by atoms with van der Waals surface area (Å²) in [6.45, 7) is 11.2. The van der Waals surface area contributed by atoms with E-state index in [4.69, 9.17) is 4.74 Å². The van der Waals surface area contributed by atoms with Gasteiger partial charge in [0.05, 0.1) is 12.4 Å². The molecule has 0 amide bonds. The van der Waals surface area contributed by atoms with E-state index in [2.05, 4.69) is 40.7 Å². The molecular formula is C12H26AlO-. The van der Waals surface area contributed by atoms with E-state index >= 15 is 0 Å². The van der Waals surface area contributed by atoms with Crippen molar-refractivity contribution in [3.8, 4) is 0 Å². The molecular weight excluding hydrogens is 187 g/mol. The molecule has 0 aliphatic heterocycles. The van der Waals surface area contributed by atoms with Gasteiger partial charge in [-0.2, -0.15) is 21.1 Å². The van der Waals surface area contributed by atoms with Gasteiger partial charge in [-0.1, -0.05) is 6.08 Å². The average molecular weight is 213 g/mol. The van der Waals surface area contributed by atoms with Gasteiger partial charge in [0.2, 0.25) is 0 Å². The third kappa shape index (κ3) is 5.08. The van der Waals surface area contributed by atoms with Crippen LogP contribution in [0.5, 0.6) is 0 Å². The fourth-order valence-corrected chi connectivity index (χ4v) is 5.34. The van der Waals surface area contributed by atoms with E-state index in [1.165, 1.54) is 21.1 Å². The molecule has 0 aliphatic carbocycles. The maximum Gasteiger partial charge on any atom is 0.138 e. The van der Waals surface area contributed by atoms with Crippen LogP contribution in [0.15, 0.2) is 12.3 Å². The molecule has 0 unspecified atom stereocenters. The van der Waals surface area contributed by atoms with Crippen LogP contribution in [-0.4, -0.2) is 19.2 Å². The van der Waals surface area contributed by atoms with Crippen molar-refractivity contribution >= 4 is 13.1 Å². The molecule has 84 valence electrons. The van der Waals surface area contributed by atoms with Crippen LogP contribution in [0.3, 0.4) is 0 Å². The lowest BCUT2D eigenvalue weighted by Gasteiger charge is -2.30. The molecule has 0 rings (SSSR count). The van der Waals surface area contributed by atoms with Crippen molar-refractivity contribution in [2.45, 2.75) is 61.9 Å². The number of rotatable bonds is 7. The lowest BCUT2D eigenvalue weighted by Crippen LogP contribution is -2.30. The summed E-state index contributed by atoms with van der Waals surface area (Å²) in [6, 6.07) is 0. The third-order valence-electron chi connectivity index (χ3n) is 3.68. The molecule has 1 nitrogen and oxygen atoms in total. The Morgan fingerprint density at radius 1 is 1.07 bits per heavy atom. The van der Waals surface area contributed by atoms with E-state index in [1.54, 1.807) is 0 Å². The predicted molar refractivity (Wildman–Crippen MR) is 67.4 cm³/mol. The Bertz CT molecular complexity index is 151. The molecule has 0 radical (unpaired) electrons. The molecule has 0 spiro atoms. The normalized spacial score (nSPS) is 12.7. The minimum Gasteiger partial charge on any atom is -0.499 e. The zero-order valence-corrected chi connectivity index (χ0v) is 11.7. The molecule has 0 aliphatic rings. The zero-order chi connectivity index (χ0) is 11.0. The maximum atomic E-state index is 5.42. The lowest BCUT2D eigenvalue weighted by atomic mass is 10.5. The molecule has 2 heteroatoms. The van der Waals surface area contributed by atoms with E-state index < -0.39 is 13.1 Å². The van der Waals surface area contributed by atoms with Gasteiger partial charge >= 0.3 is 0 Å². The smallest absolute Gasteiger partial charge is 0.138 e. The number of hydrogen-bond donors (Lipinski definition) is 0. The van der Waals surface area contributed by atoms with E-state index in [-0.39, 0.29) is 0 Å². The fraction of sp³-hybridized carbons (Fsp3) is 0.833. The second-order valence-electron chi connectivity index (χ2n) is 4.75. The van der Waals surface area contributed by atoms with E-state index in [9.17, 15) is 0 Å². The van der Waals surface area contributed by atoms with Crippen LogP contribution in [0.2, 0.25) is 21.1 Å². The Kier molecular flexibility index (Phi) is 7.41. The highest BCUT2D eigenvalue weighted by molar-refractivity contribution is 6.80. The van der Waals surface area contributed by atoms with Crippen LogP contribution >= 0.6 is 0 Å². The van der Waals surface area contributed by atoms with Crippen molar-refractivity contribution in [1.29, 1.82) is 0 Å². The molecule has 0 aromatic heterocycles. The molecule has 0 aromatic rings. The summed E-state index contributed by atoms with van der Waals surface area (Å²) in [4.78, 5) is 0. The molecule has 0 N–H and O–H groups in total. The van der Waals surface area contributed by atoms with Crippen LogP contribution in [0.25, 0.3) is 0 Å². The monoisotopic (exact) mass is 213 g/mol. The van der Waals surface area contributed by atoms with Crippen LogP contribution < -0.4 is 0 Å². The largest absolute Gasteiger partial charge is 0.499 e. The Hall–Kier alpha value is 0.0725. The van der Waals surface area contributed by atoms with E-state index in [0.717, 1.165) is 0 Å². The van der Waals surface area contributed by atoms with Gasteiger partial charge in [-0.25, -0.2) is 0 Å². The SMILES string of the molecule is C[CH2][Al-]([CH2]C)([CH2]C)[CH2]/C=C/OC(C)C. The first-order valence-corrected chi connectivity index (χ1v) is 9.39. The molecule has 0 bridgehead atoms. The highest BCUT2D eigenvalue weighted by atomic mass is 27.2. The summed E-state index contributed by atoms with van der Waals surface area (Å²) < 4.78 is 5.42. The molecule has 0 fully saturated rings. The summed E-state index contributed by atoms with van der Waals surface area (Å²) in [5, 5.41) is 5.58. The summed E-state index contributed by atoms with van der Waals surface area (Å²) in [7, 11) is 0. The zero-order valence-electron chi connectivity index (χ0n) is 10.5. The van der Waals surface area contributed by atoms with E-state index in [0.29, 0.717) is 6.10 Å². The first-order valence-electron chi connectivity index (χ1n) is 6.12. The molecule has 14 heavy (non-hydrogen) atoms. The van der Waals surface area contributed by atoms with Crippen LogP contribution in [-0.2, 0) is 4.74 Å². The van der Waals surface area contributed by atoms with Crippen molar-refractivity contribution in [1.82, 2.24) is 0 Å². The number of hydrogen-bond acceptors (Lipinski definition) is 1. The summed E-state index contributed by atoms with van der Waals surface area (Å²) in [5.41, 5.74) is 0. The van der Waals surface area contributed by atoms with Crippen molar-refractivity contribution in [2.24, 2.45) is 0 Å². The van der Waals surface area contributed by atoms with Crippen molar-refractivity contribution in [3.63, 3.8) is 0 Å². The van der Waals surface area contributed by atoms with Crippen molar-refractivity contribution < 1.29 is 4.74 Å². The van der Waals surface area contributed by atoms with Crippen LogP contribution in [0.4, 0.5) is 0 Å². The minimum atomic E-state index is -1.25. The van der Waals surface area contributed by atoms with E-state index in [1.807, 2.05) is 6.26 Å². The predicted octanol–water partition coefficient (Wildman–Crippen LogP) is 4.43. The van der Waals surface area contributed by atoms with Gasteiger partial charge in [-0.05, 0) is 13.8 Å². The molecule has 0 saturated carbocycles. The van der Waals surface area contributed by atoms with Gasteiger partial charge in [0, 0.05) is 0 Å². The highest BCUT2D eigenvalue weighted by Gasteiger charge is 2.21. The van der Waals surface area contributed by atoms with Crippen molar-refractivity contribution in [3.05, 3.63) is 12.3 Å². The van der Waals surface area contributed by atoms with Crippen LogP contribution in [0.1, 0.15) is 34.6 Å². The first kappa shape index (κ1) is 14.1. The molecule has 0 aromatic carbocycles. The summed E-state index contributed by atoms with van der Waals surface area (Å²) >= 11 is -1.25. The van der Waals surface area contributed by atoms with Crippen LogP contribution in [0, 0.1) is 0 Å². The van der Waals surface area contributed by atoms with Gasteiger partial charge in [0.15, 0.2) is 0 Å². The number of ether oxygens (including phenoxy) is 1. The van der Waals surface area contributed by atoms with Gasteiger partial charge in [-0.15, -0.1) is 20.8 Å². The molecule has 0 atom stereocenters. The second-order valence-corrected chi connectivity index (χ2v) is 11.1. The Morgan fingerprint density at radius 3 is 1.93 bits per heavy atom. The van der Waals surface area contributed by atoms with Gasteiger partial charge in [0.1, 0.15) is 13.1 Å². The Balaban J connectivity index is 3.99. The average Bonchev–Trinajstić information content (AvgIpc) is 2.19. The Labute approximate surface area is 92.2 Å². The third-order valence-corrected chi connectivity index (χ3v) is 10.1. The first-order chi connectivity index (χ1) is 6.60. The minimum absolute atomic E-state index is 0.315. The van der Waals surface area contributed by atoms with Gasteiger partial charge in [-0.3, -0.25) is 0 Å². The molecule has 0 saturated heterocycles.